The molecular formula is C13H16BrN3O. The maximum Gasteiger partial charge on any atom is 0.119 e. The summed E-state index contributed by atoms with van der Waals surface area (Å²) in [6, 6.07) is 7.86. The van der Waals surface area contributed by atoms with E-state index in [1.807, 2.05) is 38.1 Å². The molecule has 5 heteroatoms. The number of ether oxygens (including phenoxy) is 1. The van der Waals surface area contributed by atoms with Gasteiger partial charge in [-0.3, -0.25) is 5.10 Å². The van der Waals surface area contributed by atoms with Crippen molar-refractivity contribution in [1.29, 1.82) is 0 Å². The van der Waals surface area contributed by atoms with Crippen molar-refractivity contribution >= 4 is 15.9 Å². The second kappa shape index (κ2) is 5.54. The van der Waals surface area contributed by atoms with Gasteiger partial charge in [0, 0.05) is 12.1 Å². The number of nitrogens with one attached hydrogen (secondary N) is 1. The van der Waals surface area contributed by atoms with Gasteiger partial charge in [0.2, 0.25) is 0 Å². The minimum absolute atomic E-state index is 0.178. The molecule has 0 aliphatic carbocycles. The van der Waals surface area contributed by atoms with Gasteiger partial charge in [-0.15, -0.1) is 0 Å². The molecule has 0 radical (unpaired) electrons. The summed E-state index contributed by atoms with van der Waals surface area (Å²) in [5, 5.41) is 7.17. The highest BCUT2D eigenvalue weighted by Gasteiger charge is 2.11. The maximum atomic E-state index is 5.60. The van der Waals surface area contributed by atoms with E-state index in [0.29, 0.717) is 6.54 Å². The molecule has 0 fully saturated rings. The molecule has 0 spiro atoms. The van der Waals surface area contributed by atoms with Gasteiger partial charge in [0.05, 0.1) is 16.3 Å². The van der Waals surface area contributed by atoms with Crippen LogP contribution in [0.5, 0.6) is 5.75 Å². The molecule has 0 unspecified atom stereocenters. The lowest BCUT2D eigenvalue weighted by atomic mass is 10.1. The zero-order chi connectivity index (χ0) is 13.1. The molecule has 0 bridgehead atoms. The van der Waals surface area contributed by atoms with Crippen molar-refractivity contribution in [3.8, 4) is 17.0 Å². The highest BCUT2D eigenvalue weighted by Crippen LogP contribution is 2.29. The average Bonchev–Trinajstić information content (AvgIpc) is 2.71. The summed E-state index contributed by atoms with van der Waals surface area (Å²) in [6.45, 7) is 4.44. The first kappa shape index (κ1) is 13.1. The third kappa shape index (κ3) is 2.73. The molecule has 1 aromatic carbocycles. The van der Waals surface area contributed by atoms with Gasteiger partial charge in [-0.2, -0.15) is 5.10 Å². The number of rotatable bonds is 4. The number of hydrogen-bond donors (Lipinski definition) is 2. The fraction of sp³-hybridized carbons (Fsp3) is 0.308. The van der Waals surface area contributed by atoms with Gasteiger partial charge in [-0.25, -0.2) is 0 Å². The Morgan fingerprint density at radius 2 is 2.00 bits per heavy atom. The van der Waals surface area contributed by atoms with E-state index in [0.717, 1.165) is 27.2 Å². The minimum atomic E-state index is 0.178. The number of hydrogen-bond acceptors (Lipinski definition) is 3. The summed E-state index contributed by atoms with van der Waals surface area (Å²) in [7, 11) is 0. The molecule has 3 N–H and O–H groups in total. The number of halogens is 1. The molecule has 1 heterocycles. The molecule has 0 amide bonds. The third-order valence-corrected chi connectivity index (χ3v) is 3.33. The van der Waals surface area contributed by atoms with Crippen molar-refractivity contribution < 1.29 is 4.74 Å². The largest absolute Gasteiger partial charge is 0.491 e. The topological polar surface area (TPSA) is 63.9 Å². The predicted molar refractivity (Wildman–Crippen MR) is 75.4 cm³/mol. The average molecular weight is 310 g/mol. The number of benzene rings is 1. The van der Waals surface area contributed by atoms with E-state index in [2.05, 4.69) is 26.1 Å². The van der Waals surface area contributed by atoms with Gasteiger partial charge in [0.1, 0.15) is 11.4 Å². The van der Waals surface area contributed by atoms with E-state index in [-0.39, 0.29) is 6.10 Å². The van der Waals surface area contributed by atoms with Crippen LogP contribution in [-0.2, 0) is 6.54 Å². The van der Waals surface area contributed by atoms with Crippen LogP contribution >= 0.6 is 15.9 Å². The van der Waals surface area contributed by atoms with Gasteiger partial charge in [-0.1, -0.05) is 0 Å². The van der Waals surface area contributed by atoms with Crippen LogP contribution < -0.4 is 10.5 Å². The van der Waals surface area contributed by atoms with E-state index in [1.165, 1.54) is 0 Å². The summed E-state index contributed by atoms with van der Waals surface area (Å²) in [5.74, 6) is 0.861. The number of aromatic nitrogens is 2. The molecule has 0 saturated heterocycles. The summed E-state index contributed by atoms with van der Waals surface area (Å²) >= 11 is 3.50. The molecule has 2 aromatic rings. The number of nitrogens with two attached hydrogens (primary N) is 1. The van der Waals surface area contributed by atoms with Crippen LogP contribution in [0.25, 0.3) is 11.3 Å². The van der Waals surface area contributed by atoms with Crippen molar-refractivity contribution in [2.75, 3.05) is 0 Å². The van der Waals surface area contributed by atoms with Crippen molar-refractivity contribution in [2.24, 2.45) is 5.73 Å². The van der Waals surface area contributed by atoms with Crippen LogP contribution in [0.2, 0.25) is 0 Å². The first-order valence-electron chi connectivity index (χ1n) is 5.81. The summed E-state index contributed by atoms with van der Waals surface area (Å²) < 4.78 is 6.52. The first-order chi connectivity index (χ1) is 8.61. The van der Waals surface area contributed by atoms with Crippen LogP contribution in [0.4, 0.5) is 0 Å². The molecule has 0 aliphatic rings. The summed E-state index contributed by atoms with van der Waals surface area (Å²) in [4.78, 5) is 0. The normalized spacial score (nSPS) is 10.9. The first-order valence-corrected chi connectivity index (χ1v) is 6.61. The Balaban J connectivity index is 2.26. The third-order valence-electron chi connectivity index (χ3n) is 2.48. The van der Waals surface area contributed by atoms with Crippen LogP contribution in [0.3, 0.4) is 0 Å². The summed E-state index contributed by atoms with van der Waals surface area (Å²) in [5.41, 5.74) is 8.38. The molecule has 2 rings (SSSR count). The van der Waals surface area contributed by atoms with E-state index >= 15 is 0 Å². The number of nitrogens with zero attached hydrogens (tertiary/aromatic N) is 1. The fourth-order valence-electron chi connectivity index (χ4n) is 1.65. The van der Waals surface area contributed by atoms with Crippen molar-refractivity contribution in [3.05, 3.63) is 34.4 Å². The highest BCUT2D eigenvalue weighted by molar-refractivity contribution is 9.10. The van der Waals surface area contributed by atoms with E-state index in [9.17, 15) is 0 Å². The zero-order valence-electron chi connectivity index (χ0n) is 10.4. The Kier molecular flexibility index (Phi) is 4.04. The molecule has 96 valence electrons. The Hall–Kier alpha value is -1.33. The van der Waals surface area contributed by atoms with E-state index in [1.54, 1.807) is 0 Å². The molecule has 18 heavy (non-hydrogen) atoms. The second-order valence-corrected chi connectivity index (χ2v) is 5.05. The Bertz CT molecular complexity index is 520. The molecule has 0 aliphatic heterocycles. The smallest absolute Gasteiger partial charge is 0.119 e. The van der Waals surface area contributed by atoms with Gasteiger partial charge in [0.15, 0.2) is 0 Å². The Morgan fingerprint density at radius 3 is 2.50 bits per heavy atom. The van der Waals surface area contributed by atoms with Gasteiger partial charge in [0.25, 0.3) is 0 Å². The Labute approximate surface area is 115 Å². The molecule has 1 aromatic heterocycles. The van der Waals surface area contributed by atoms with Gasteiger partial charge >= 0.3 is 0 Å². The molecule has 0 saturated carbocycles. The molecule has 0 atom stereocenters. The maximum absolute atomic E-state index is 5.60. The lowest BCUT2D eigenvalue weighted by molar-refractivity contribution is 0.242. The fourth-order valence-corrected chi connectivity index (χ4v) is 2.22. The van der Waals surface area contributed by atoms with E-state index < -0.39 is 0 Å². The zero-order valence-corrected chi connectivity index (χ0v) is 12.0. The number of aromatic amines is 1. The van der Waals surface area contributed by atoms with Crippen LogP contribution in [0.1, 0.15) is 19.5 Å². The van der Waals surface area contributed by atoms with Crippen molar-refractivity contribution in [2.45, 2.75) is 26.5 Å². The second-order valence-electron chi connectivity index (χ2n) is 4.26. The lowest BCUT2D eigenvalue weighted by Gasteiger charge is -2.09. The quantitative estimate of drug-likeness (QED) is 0.912. The molecule has 4 nitrogen and oxygen atoms in total. The SMILES string of the molecule is CC(C)Oc1ccc(-c2n[nH]c(CN)c2Br)cc1. The van der Waals surface area contributed by atoms with Crippen LogP contribution in [-0.4, -0.2) is 16.3 Å². The number of H-pyrrole nitrogens is 1. The minimum Gasteiger partial charge on any atom is -0.491 e. The van der Waals surface area contributed by atoms with Gasteiger partial charge in [-0.05, 0) is 54.0 Å². The Morgan fingerprint density at radius 1 is 1.33 bits per heavy atom. The monoisotopic (exact) mass is 309 g/mol. The predicted octanol–water partition coefficient (Wildman–Crippen LogP) is 3.09. The summed E-state index contributed by atoms with van der Waals surface area (Å²) in [6.07, 6.45) is 0.178. The molecular weight excluding hydrogens is 294 g/mol. The van der Waals surface area contributed by atoms with Gasteiger partial charge < -0.3 is 10.5 Å². The van der Waals surface area contributed by atoms with Crippen LogP contribution in [0, 0.1) is 0 Å². The van der Waals surface area contributed by atoms with Crippen LogP contribution in [0.15, 0.2) is 28.7 Å². The van der Waals surface area contributed by atoms with Crippen molar-refractivity contribution in [1.82, 2.24) is 10.2 Å². The van der Waals surface area contributed by atoms with E-state index in [4.69, 9.17) is 10.5 Å². The lowest BCUT2D eigenvalue weighted by Crippen LogP contribution is -2.05. The standard InChI is InChI=1S/C13H16BrN3O/c1-8(2)18-10-5-3-9(4-6-10)13-12(14)11(7-15)16-17-13/h3-6,8H,7,15H2,1-2H3,(H,16,17). The van der Waals surface area contributed by atoms with Crippen molar-refractivity contribution in [3.63, 3.8) is 0 Å². The highest BCUT2D eigenvalue weighted by atomic mass is 79.9.